The number of nitrogens with one attached hydrogen (secondary N) is 2. The van der Waals surface area contributed by atoms with Gasteiger partial charge in [-0.15, -0.1) is 0 Å². The Kier molecular flexibility index (Phi) is 5.40. The van der Waals surface area contributed by atoms with Crippen LogP contribution in [0.4, 0.5) is 5.69 Å². The fourth-order valence-corrected chi connectivity index (χ4v) is 3.01. The Balaban J connectivity index is 1.58. The molecule has 0 radical (unpaired) electrons. The van der Waals surface area contributed by atoms with Crippen molar-refractivity contribution in [2.75, 3.05) is 18.6 Å². The zero-order chi connectivity index (χ0) is 19.4. The first kappa shape index (κ1) is 18.4. The number of aryl methyl sites for hydroxylation is 1. The highest BCUT2D eigenvalue weighted by Gasteiger charge is 2.35. The van der Waals surface area contributed by atoms with Crippen molar-refractivity contribution in [3.8, 4) is 5.75 Å². The summed E-state index contributed by atoms with van der Waals surface area (Å²) in [5.41, 5.74) is 6.85. The van der Waals surface area contributed by atoms with E-state index in [1.54, 1.807) is 48.4 Å². The van der Waals surface area contributed by atoms with Gasteiger partial charge in [-0.1, -0.05) is 18.2 Å². The fourth-order valence-electron chi connectivity index (χ4n) is 3.01. The molecule has 0 aromatic heterocycles. The first-order valence-corrected chi connectivity index (χ1v) is 8.60. The van der Waals surface area contributed by atoms with E-state index in [4.69, 9.17) is 4.74 Å². The maximum Gasteiger partial charge on any atom is 0.269 e. The number of hydrazine groups is 1. The molecule has 2 aromatic carbocycles. The van der Waals surface area contributed by atoms with Gasteiger partial charge in [-0.05, 0) is 42.8 Å². The van der Waals surface area contributed by atoms with Gasteiger partial charge in [0.25, 0.3) is 5.91 Å². The minimum absolute atomic E-state index is 0.0953. The molecule has 3 rings (SSSR count). The number of methoxy groups -OCH3 is 1. The molecule has 1 fully saturated rings. The quantitative estimate of drug-likeness (QED) is 0.807. The van der Waals surface area contributed by atoms with Crippen LogP contribution < -0.4 is 20.5 Å². The predicted octanol–water partition coefficient (Wildman–Crippen LogP) is 1.82. The molecule has 1 heterocycles. The molecule has 27 heavy (non-hydrogen) atoms. The predicted molar refractivity (Wildman–Crippen MR) is 100 cm³/mol. The highest BCUT2D eigenvalue weighted by atomic mass is 16.5. The molecule has 3 amide bonds. The lowest BCUT2D eigenvalue weighted by Crippen LogP contribution is -2.45. The van der Waals surface area contributed by atoms with Gasteiger partial charge in [-0.3, -0.25) is 25.2 Å². The minimum Gasteiger partial charge on any atom is -0.497 e. The second-order valence-corrected chi connectivity index (χ2v) is 6.36. The number of rotatable bonds is 4. The van der Waals surface area contributed by atoms with Crippen LogP contribution in [0, 0.1) is 12.8 Å². The van der Waals surface area contributed by atoms with Crippen LogP contribution in [0.3, 0.4) is 0 Å². The Hall–Kier alpha value is -3.35. The summed E-state index contributed by atoms with van der Waals surface area (Å²) in [5.74, 6) is -0.750. The topological polar surface area (TPSA) is 87.7 Å². The molecular weight excluding hydrogens is 346 g/mol. The van der Waals surface area contributed by atoms with Crippen LogP contribution in [-0.4, -0.2) is 31.4 Å². The van der Waals surface area contributed by atoms with Crippen molar-refractivity contribution >= 4 is 23.4 Å². The summed E-state index contributed by atoms with van der Waals surface area (Å²) in [6.45, 7) is 2.08. The van der Waals surface area contributed by atoms with Crippen LogP contribution in [0.1, 0.15) is 22.3 Å². The molecule has 140 valence electrons. The van der Waals surface area contributed by atoms with Crippen LogP contribution in [-0.2, 0) is 9.59 Å². The second-order valence-electron chi connectivity index (χ2n) is 6.36. The number of carbonyl (C=O) groups excluding carboxylic acids is 3. The fraction of sp³-hybridized carbons (Fsp3) is 0.250. The van der Waals surface area contributed by atoms with Crippen LogP contribution in [0.2, 0.25) is 0 Å². The Morgan fingerprint density at radius 1 is 1.07 bits per heavy atom. The van der Waals surface area contributed by atoms with Gasteiger partial charge < -0.3 is 9.64 Å². The molecule has 1 aliphatic heterocycles. The number of carbonyl (C=O) groups is 3. The second kappa shape index (κ2) is 7.90. The number of ether oxygens (including phenoxy) is 1. The van der Waals surface area contributed by atoms with E-state index in [2.05, 4.69) is 10.9 Å². The SMILES string of the molecule is COc1ccc(N2CC(C(=O)NNC(=O)c3ccccc3C)CC2=O)cc1. The first-order chi connectivity index (χ1) is 13.0. The maximum absolute atomic E-state index is 12.4. The van der Waals surface area contributed by atoms with Crippen molar-refractivity contribution in [1.29, 1.82) is 0 Å². The van der Waals surface area contributed by atoms with E-state index in [1.165, 1.54) is 0 Å². The summed E-state index contributed by atoms with van der Waals surface area (Å²) in [6, 6.07) is 14.2. The van der Waals surface area contributed by atoms with Crippen LogP contribution in [0.5, 0.6) is 5.75 Å². The Morgan fingerprint density at radius 3 is 2.44 bits per heavy atom. The average molecular weight is 367 g/mol. The molecule has 2 N–H and O–H groups in total. The van der Waals surface area contributed by atoms with Crippen molar-refractivity contribution < 1.29 is 19.1 Å². The summed E-state index contributed by atoms with van der Waals surface area (Å²) in [4.78, 5) is 38.4. The zero-order valence-electron chi connectivity index (χ0n) is 15.2. The van der Waals surface area contributed by atoms with E-state index in [-0.39, 0.29) is 24.8 Å². The molecule has 1 unspecified atom stereocenters. The molecular formula is C20H21N3O4. The molecule has 1 aliphatic rings. The number of hydrogen-bond acceptors (Lipinski definition) is 4. The highest BCUT2D eigenvalue weighted by molar-refractivity contribution is 6.01. The maximum atomic E-state index is 12.4. The molecule has 0 bridgehead atoms. The van der Waals surface area contributed by atoms with Gasteiger partial charge in [0.05, 0.1) is 13.0 Å². The van der Waals surface area contributed by atoms with E-state index in [0.717, 1.165) is 5.56 Å². The lowest BCUT2D eigenvalue weighted by molar-refractivity contribution is -0.126. The summed E-state index contributed by atoms with van der Waals surface area (Å²) in [6.07, 6.45) is 0.0953. The number of anilines is 1. The third-order valence-corrected chi connectivity index (χ3v) is 4.57. The van der Waals surface area contributed by atoms with Gasteiger partial charge in [0.2, 0.25) is 11.8 Å². The molecule has 7 nitrogen and oxygen atoms in total. The summed E-state index contributed by atoms with van der Waals surface area (Å²) in [7, 11) is 1.57. The zero-order valence-corrected chi connectivity index (χ0v) is 15.2. The molecule has 1 atom stereocenters. The minimum atomic E-state index is -0.531. The van der Waals surface area contributed by atoms with Gasteiger partial charge in [0.1, 0.15) is 5.75 Å². The summed E-state index contributed by atoms with van der Waals surface area (Å²) < 4.78 is 5.11. The van der Waals surface area contributed by atoms with Crippen molar-refractivity contribution in [3.05, 3.63) is 59.7 Å². The van der Waals surface area contributed by atoms with Gasteiger partial charge >= 0.3 is 0 Å². The normalized spacial score (nSPS) is 16.1. The lowest BCUT2D eigenvalue weighted by Gasteiger charge is -2.17. The summed E-state index contributed by atoms with van der Waals surface area (Å²) >= 11 is 0. The van der Waals surface area contributed by atoms with Crippen LogP contribution >= 0.6 is 0 Å². The lowest BCUT2D eigenvalue weighted by atomic mass is 10.1. The molecule has 0 saturated carbocycles. The van der Waals surface area contributed by atoms with E-state index >= 15 is 0 Å². The highest BCUT2D eigenvalue weighted by Crippen LogP contribution is 2.26. The molecule has 7 heteroatoms. The van der Waals surface area contributed by atoms with Gasteiger partial charge in [0, 0.05) is 24.2 Å². The van der Waals surface area contributed by atoms with Crippen molar-refractivity contribution in [2.24, 2.45) is 5.92 Å². The van der Waals surface area contributed by atoms with Crippen LogP contribution in [0.25, 0.3) is 0 Å². The van der Waals surface area contributed by atoms with Crippen molar-refractivity contribution in [1.82, 2.24) is 10.9 Å². The molecule has 2 aromatic rings. The first-order valence-electron chi connectivity index (χ1n) is 8.60. The van der Waals surface area contributed by atoms with Crippen molar-refractivity contribution in [2.45, 2.75) is 13.3 Å². The number of amides is 3. The van der Waals surface area contributed by atoms with E-state index < -0.39 is 11.8 Å². The number of hydrogen-bond donors (Lipinski definition) is 2. The Morgan fingerprint density at radius 2 is 1.78 bits per heavy atom. The Labute approximate surface area is 157 Å². The smallest absolute Gasteiger partial charge is 0.269 e. The van der Waals surface area contributed by atoms with Gasteiger partial charge in [-0.2, -0.15) is 0 Å². The largest absolute Gasteiger partial charge is 0.497 e. The number of benzene rings is 2. The third-order valence-electron chi connectivity index (χ3n) is 4.57. The molecule has 0 spiro atoms. The third kappa shape index (κ3) is 4.08. The average Bonchev–Trinajstić information content (AvgIpc) is 3.08. The van der Waals surface area contributed by atoms with E-state index in [9.17, 15) is 14.4 Å². The standard InChI is InChI=1S/C20H21N3O4/c1-13-5-3-4-6-17(13)20(26)22-21-19(25)14-11-18(24)23(12-14)15-7-9-16(27-2)10-8-15/h3-10,14H,11-12H2,1-2H3,(H,21,25)(H,22,26). The van der Waals surface area contributed by atoms with Gasteiger partial charge in [0.15, 0.2) is 0 Å². The van der Waals surface area contributed by atoms with E-state index in [0.29, 0.717) is 17.0 Å². The summed E-state index contributed by atoms with van der Waals surface area (Å²) in [5, 5.41) is 0. The van der Waals surface area contributed by atoms with Crippen LogP contribution in [0.15, 0.2) is 48.5 Å². The monoisotopic (exact) mass is 367 g/mol. The van der Waals surface area contributed by atoms with Gasteiger partial charge in [-0.25, -0.2) is 0 Å². The Bertz CT molecular complexity index is 864. The van der Waals surface area contributed by atoms with Crippen molar-refractivity contribution in [3.63, 3.8) is 0 Å². The van der Waals surface area contributed by atoms with E-state index in [1.807, 2.05) is 19.1 Å². The molecule has 0 aliphatic carbocycles. The number of nitrogens with zero attached hydrogens (tertiary/aromatic N) is 1. The molecule has 1 saturated heterocycles.